The summed E-state index contributed by atoms with van der Waals surface area (Å²) in [5.41, 5.74) is 0.533. The van der Waals surface area contributed by atoms with Crippen LogP contribution in [0.25, 0.3) is 0 Å². The summed E-state index contributed by atoms with van der Waals surface area (Å²) in [5.74, 6) is 3.15. The van der Waals surface area contributed by atoms with E-state index in [1.807, 2.05) is 0 Å². The molecule has 3 aliphatic rings. The number of rotatable bonds is 2. The van der Waals surface area contributed by atoms with Crippen LogP contribution in [0.2, 0.25) is 0 Å². The van der Waals surface area contributed by atoms with Crippen LogP contribution in [0.4, 0.5) is 0 Å². The summed E-state index contributed by atoms with van der Waals surface area (Å²) >= 11 is 0. The Labute approximate surface area is 97.1 Å². The van der Waals surface area contributed by atoms with Crippen LogP contribution >= 0.6 is 0 Å². The molecule has 3 saturated carbocycles. The van der Waals surface area contributed by atoms with Crippen LogP contribution in [-0.2, 0) is 9.53 Å². The molecule has 2 heteroatoms. The summed E-state index contributed by atoms with van der Waals surface area (Å²) in [7, 11) is 0. The first-order valence-corrected chi connectivity index (χ1v) is 6.53. The van der Waals surface area contributed by atoms with Gasteiger partial charge in [0.25, 0.3) is 0 Å². The molecular weight excluding hydrogens is 200 g/mol. The Bertz CT molecular complexity index is 334. The second-order valence-corrected chi connectivity index (χ2v) is 5.88. The smallest absolute Gasteiger partial charge is 0.333 e. The molecule has 0 aromatic heterocycles. The lowest BCUT2D eigenvalue weighted by Crippen LogP contribution is -2.32. The zero-order valence-electron chi connectivity index (χ0n) is 9.95. The lowest BCUT2D eigenvalue weighted by molar-refractivity contribution is -0.148. The lowest BCUT2D eigenvalue weighted by atomic mass is 9.80. The highest BCUT2D eigenvalue weighted by atomic mass is 16.5. The normalized spacial score (nSPS) is 44.4. The minimum atomic E-state index is -0.188. The van der Waals surface area contributed by atoms with E-state index in [9.17, 15) is 4.79 Å². The molecule has 0 saturated heterocycles. The van der Waals surface area contributed by atoms with Crippen LogP contribution < -0.4 is 0 Å². The maximum absolute atomic E-state index is 11.5. The minimum absolute atomic E-state index is 0.188. The largest absolute Gasteiger partial charge is 0.459 e. The van der Waals surface area contributed by atoms with Gasteiger partial charge in [-0.15, -0.1) is 0 Å². The summed E-state index contributed by atoms with van der Waals surface area (Å²) in [4.78, 5) is 11.5. The Morgan fingerprint density at radius 2 is 1.94 bits per heavy atom. The quantitative estimate of drug-likeness (QED) is 0.528. The van der Waals surface area contributed by atoms with Gasteiger partial charge in [-0.25, -0.2) is 4.79 Å². The molecule has 2 bridgehead atoms. The number of esters is 1. The van der Waals surface area contributed by atoms with E-state index in [0.717, 1.165) is 24.2 Å². The molecule has 0 aromatic rings. The van der Waals surface area contributed by atoms with E-state index < -0.39 is 0 Å². The molecule has 0 heterocycles. The van der Waals surface area contributed by atoms with Gasteiger partial charge in [-0.3, -0.25) is 0 Å². The molecule has 0 unspecified atom stereocenters. The van der Waals surface area contributed by atoms with Gasteiger partial charge in [-0.05, 0) is 56.3 Å². The van der Waals surface area contributed by atoms with Crippen molar-refractivity contribution in [2.24, 2.45) is 23.7 Å². The maximum Gasteiger partial charge on any atom is 0.333 e. The summed E-state index contributed by atoms with van der Waals surface area (Å²) < 4.78 is 5.58. The van der Waals surface area contributed by atoms with Crippen molar-refractivity contribution in [2.45, 2.75) is 45.1 Å². The van der Waals surface area contributed by atoms with Crippen molar-refractivity contribution in [2.75, 3.05) is 0 Å². The van der Waals surface area contributed by atoms with Crippen LogP contribution in [0, 0.1) is 23.7 Å². The Kier molecular flexibility index (Phi) is 2.34. The predicted molar refractivity (Wildman–Crippen MR) is 61.7 cm³/mol. The van der Waals surface area contributed by atoms with Gasteiger partial charge < -0.3 is 4.74 Å². The van der Waals surface area contributed by atoms with Gasteiger partial charge in [0.2, 0.25) is 0 Å². The zero-order valence-corrected chi connectivity index (χ0v) is 9.95. The number of carbonyl (C=O) groups excluding carboxylic acids is 1. The standard InChI is InChI=1S/C14H20O2/c1-8(2)14(15)16-13-7-9-6-12(13)11-5-3-4-10(9)11/h9-13H,1,3-7H2,2H3/t9-,10+,11-,12+,13-/m1/s1. The molecule has 0 aliphatic heterocycles. The van der Waals surface area contributed by atoms with E-state index in [0.29, 0.717) is 11.5 Å². The average molecular weight is 220 g/mol. The molecule has 2 nitrogen and oxygen atoms in total. The fourth-order valence-electron chi connectivity index (χ4n) is 4.38. The Balaban J connectivity index is 1.68. The SMILES string of the molecule is C=C(C)C(=O)O[C@@H]1C[C@H]2C[C@H]1[C@@H]1CCC[C@@H]21. The molecule has 3 rings (SSSR count). The van der Waals surface area contributed by atoms with E-state index >= 15 is 0 Å². The average Bonchev–Trinajstić information content (AvgIpc) is 2.87. The molecule has 3 aliphatic carbocycles. The molecule has 0 aromatic carbocycles. The van der Waals surface area contributed by atoms with Crippen LogP contribution in [-0.4, -0.2) is 12.1 Å². The van der Waals surface area contributed by atoms with E-state index in [1.54, 1.807) is 6.92 Å². The molecule has 5 atom stereocenters. The third-order valence-electron chi connectivity index (χ3n) is 4.97. The van der Waals surface area contributed by atoms with E-state index in [4.69, 9.17) is 4.74 Å². The van der Waals surface area contributed by atoms with Gasteiger partial charge in [0.15, 0.2) is 0 Å². The van der Waals surface area contributed by atoms with Crippen molar-refractivity contribution in [3.8, 4) is 0 Å². The number of carbonyl (C=O) groups is 1. The first-order chi connectivity index (χ1) is 7.66. The Morgan fingerprint density at radius 1 is 1.19 bits per heavy atom. The van der Waals surface area contributed by atoms with Gasteiger partial charge in [-0.2, -0.15) is 0 Å². The van der Waals surface area contributed by atoms with Crippen LogP contribution in [0.1, 0.15) is 39.0 Å². The van der Waals surface area contributed by atoms with Crippen molar-refractivity contribution in [3.63, 3.8) is 0 Å². The van der Waals surface area contributed by atoms with Crippen molar-refractivity contribution >= 4 is 5.97 Å². The summed E-state index contributed by atoms with van der Waals surface area (Å²) in [5, 5.41) is 0. The molecule has 88 valence electrons. The highest BCUT2D eigenvalue weighted by molar-refractivity contribution is 5.87. The minimum Gasteiger partial charge on any atom is -0.459 e. The summed E-state index contributed by atoms with van der Waals surface area (Å²) in [6.07, 6.45) is 6.81. The summed E-state index contributed by atoms with van der Waals surface area (Å²) in [6, 6.07) is 0. The van der Waals surface area contributed by atoms with E-state index in [1.165, 1.54) is 25.7 Å². The van der Waals surface area contributed by atoms with Crippen LogP contribution in [0.3, 0.4) is 0 Å². The highest BCUT2D eigenvalue weighted by Gasteiger charge is 2.55. The number of fused-ring (bicyclic) bond motifs is 5. The van der Waals surface area contributed by atoms with Crippen LogP contribution in [0.5, 0.6) is 0 Å². The number of hydrogen-bond acceptors (Lipinski definition) is 2. The van der Waals surface area contributed by atoms with Gasteiger partial charge in [-0.1, -0.05) is 13.0 Å². The Morgan fingerprint density at radius 3 is 2.69 bits per heavy atom. The fourth-order valence-corrected chi connectivity index (χ4v) is 4.38. The first-order valence-electron chi connectivity index (χ1n) is 6.53. The van der Waals surface area contributed by atoms with Gasteiger partial charge in [0, 0.05) is 5.57 Å². The van der Waals surface area contributed by atoms with Gasteiger partial charge >= 0.3 is 5.97 Å². The monoisotopic (exact) mass is 220 g/mol. The summed E-state index contributed by atoms with van der Waals surface area (Å²) in [6.45, 7) is 5.38. The number of ether oxygens (including phenoxy) is 1. The number of hydrogen-bond donors (Lipinski definition) is 0. The van der Waals surface area contributed by atoms with Crippen molar-refractivity contribution in [1.82, 2.24) is 0 Å². The van der Waals surface area contributed by atoms with Crippen molar-refractivity contribution < 1.29 is 9.53 Å². The zero-order chi connectivity index (χ0) is 11.3. The fraction of sp³-hybridized carbons (Fsp3) is 0.786. The third kappa shape index (κ3) is 1.42. The van der Waals surface area contributed by atoms with Gasteiger partial charge in [0.05, 0.1) is 0 Å². The van der Waals surface area contributed by atoms with Crippen molar-refractivity contribution in [3.05, 3.63) is 12.2 Å². The molecule has 3 fully saturated rings. The molecule has 16 heavy (non-hydrogen) atoms. The first kappa shape index (κ1) is 10.4. The van der Waals surface area contributed by atoms with E-state index in [-0.39, 0.29) is 12.1 Å². The second kappa shape index (κ2) is 3.61. The van der Waals surface area contributed by atoms with E-state index in [2.05, 4.69) is 6.58 Å². The van der Waals surface area contributed by atoms with Crippen molar-refractivity contribution in [1.29, 1.82) is 0 Å². The Hall–Kier alpha value is -0.790. The molecule has 0 spiro atoms. The maximum atomic E-state index is 11.5. The molecule has 0 amide bonds. The predicted octanol–water partition coefficient (Wildman–Crippen LogP) is 2.93. The molecule has 0 radical (unpaired) electrons. The second-order valence-electron chi connectivity index (χ2n) is 5.88. The highest BCUT2D eigenvalue weighted by Crippen LogP contribution is 2.59. The lowest BCUT2D eigenvalue weighted by Gasteiger charge is -2.31. The third-order valence-corrected chi connectivity index (χ3v) is 4.97. The molecular formula is C14H20O2. The topological polar surface area (TPSA) is 26.3 Å². The molecule has 0 N–H and O–H groups in total. The van der Waals surface area contributed by atoms with Gasteiger partial charge in [0.1, 0.15) is 6.10 Å². The van der Waals surface area contributed by atoms with Crippen LogP contribution in [0.15, 0.2) is 12.2 Å².